The van der Waals surface area contributed by atoms with Crippen LogP contribution in [0, 0.1) is 17.8 Å². The molecule has 0 aromatic carbocycles. The lowest BCUT2D eigenvalue weighted by Gasteiger charge is -2.53. The Hall–Kier alpha value is -1.05. The number of hydrogen-bond acceptors (Lipinski definition) is 15. The van der Waals surface area contributed by atoms with Crippen molar-refractivity contribution >= 4 is 5.97 Å². The second kappa shape index (κ2) is 20.0. The van der Waals surface area contributed by atoms with Crippen molar-refractivity contribution in [2.24, 2.45) is 17.8 Å². The van der Waals surface area contributed by atoms with Crippen molar-refractivity contribution < 1.29 is 58.7 Å². The number of carbonyl (C=O) groups excluding carboxylic acids is 1. The summed E-state index contributed by atoms with van der Waals surface area (Å²) in [5.74, 6) is -2.67. The average molecular weight is 806 g/mol. The third kappa shape index (κ3) is 11.0. The molecule has 3 fully saturated rings. The Bertz CT molecular complexity index is 1230. The zero-order chi connectivity index (χ0) is 42.6. The SMILES string of the molecule is CCCNC[C@]1(O)[C@H](C)O[C@@H](O[C@H]2[C@H](C)[C@@H](OC3O[C@H](C)C[C@H](N(C)C)[C@H]3O)[C@@](C)(O)C[C@@H](C)CN[C@H](C)C([C@](C)(O)[C@H](O)CC)OC(=O)[C@@H]2C)C[C@@]1(C)OC. The van der Waals surface area contributed by atoms with Crippen molar-refractivity contribution in [2.45, 2.75) is 198 Å². The molecule has 0 aromatic rings. The second-order valence-electron chi connectivity index (χ2n) is 18.2. The van der Waals surface area contributed by atoms with Gasteiger partial charge in [0.2, 0.25) is 0 Å². The first kappa shape index (κ1) is 49.3. The van der Waals surface area contributed by atoms with Crippen LogP contribution in [-0.2, 0) is 33.2 Å². The number of likely N-dealkylation sites (N-methyl/N-ethyl adjacent to an activating group) is 1. The predicted octanol–water partition coefficient (Wildman–Crippen LogP) is 1.93. The Morgan fingerprint density at radius 3 is 2.27 bits per heavy atom. The summed E-state index contributed by atoms with van der Waals surface area (Å²) in [6.45, 7) is 20.9. The van der Waals surface area contributed by atoms with Gasteiger partial charge in [0.25, 0.3) is 0 Å². The van der Waals surface area contributed by atoms with E-state index in [1.165, 1.54) is 14.0 Å². The molecule has 3 saturated heterocycles. The van der Waals surface area contributed by atoms with Crippen molar-refractivity contribution in [1.29, 1.82) is 0 Å². The number of cyclic esters (lactones) is 1. The molecule has 0 aliphatic carbocycles. The highest BCUT2D eigenvalue weighted by molar-refractivity contribution is 5.73. The molecule has 3 aliphatic rings. The largest absolute Gasteiger partial charge is 0.457 e. The Morgan fingerprint density at radius 1 is 1.05 bits per heavy atom. The van der Waals surface area contributed by atoms with E-state index in [0.717, 1.165) is 6.42 Å². The summed E-state index contributed by atoms with van der Waals surface area (Å²) < 4.78 is 38.4. The highest BCUT2D eigenvalue weighted by Crippen LogP contribution is 2.43. The van der Waals surface area contributed by atoms with E-state index in [-0.39, 0.29) is 43.9 Å². The van der Waals surface area contributed by atoms with Gasteiger partial charge in [-0.3, -0.25) is 4.79 Å². The van der Waals surface area contributed by atoms with Crippen LogP contribution < -0.4 is 10.6 Å². The smallest absolute Gasteiger partial charge is 0.311 e. The van der Waals surface area contributed by atoms with E-state index in [0.29, 0.717) is 19.5 Å². The van der Waals surface area contributed by atoms with Crippen molar-refractivity contribution in [1.82, 2.24) is 15.5 Å². The van der Waals surface area contributed by atoms with Crippen LogP contribution in [0.3, 0.4) is 0 Å². The third-order valence-electron chi connectivity index (χ3n) is 13.0. The fraction of sp³-hybridized carbons (Fsp3) is 0.976. The Morgan fingerprint density at radius 2 is 1.70 bits per heavy atom. The van der Waals surface area contributed by atoms with Crippen LogP contribution in [0.4, 0.5) is 0 Å². The standard InChI is InChI=1S/C41H79N3O12/c1-15-17-42-22-41(50)28(8)53-31(20-39(41,10)51-14)54-33-25(5)34(56-37-32(46)29(44(12)13)18-24(4)52-37)38(9,48)19-23(3)21-43-27(7)35(55-36(47)26(33)6)40(11,49)30(45)16-2/h23-35,37,42-43,45-46,48-50H,15-22H2,1-14H3/t23-,24-,25+,26-,27-,28+,29+,30-,31+,32-,33+,34-,35?,37?,38+,39-,40-,41+/m1/s1. The van der Waals surface area contributed by atoms with Gasteiger partial charge in [0.15, 0.2) is 12.6 Å². The fourth-order valence-electron chi connectivity index (χ4n) is 9.21. The summed E-state index contributed by atoms with van der Waals surface area (Å²) in [4.78, 5) is 16.4. The minimum absolute atomic E-state index is 0.0928. The molecule has 0 amide bonds. The molecule has 0 aromatic heterocycles. The molecule has 3 aliphatic heterocycles. The number of nitrogens with zero attached hydrogens (tertiary/aromatic N) is 1. The average Bonchev–Trinajstić information content (AvgIpc) is 3.12. The zero-order valence-corrected chi connectivity index (χ0v) is 36.8. The van der Waals surface area contributed by atoms with Gasteiger partial charge in [-0.25, -0.2) is 0 Å². The van der Waals surface area contributed by atoms with Gasteiger partial charge in [-0.05, 0) is 107 Å². The van der Waals surface area contributed by atoms with Crippen molar-refractivity contribution in [3.8, 4) is 0 Å². The first-order chi connectivity index (χ1) is 25.9. The lowest BCUT2D eigenvalue weighted by Crippen LogP contribution is -2.70. The van der Waals surface area contributed by atoms with Gasteiger partial charge in [0.05, 0.1) is 42.0 Å². The molecule has 0 saturated carbocycles. The summed E-state index contributed by atoms with van der Waals surface area (Å²) in [5, 5.41) is 65.4. The number of nitrogens with one attached hydrogen (secondary N) is 2. The van der Waals surface area contributed by atoms with E-state index >= 15 is 0 Å². The van der Waals surface area contributed by atoms with E-state index in [9.17, 15) is 30.3 Å². The molecule has 7 N–H and O–H groups in total. The van der Waals surface area contributed by atoms with Gasteiger partial charge in [-0.15, -0.1) is 0 Å². The van der Waals surface area contributed by atoms with E-state index in [2.05, 4.69) is 10.6 Å². The first-order valence-corrected chi connectivity index (χ1v) is 20.9. The molecule has 0 radical (unpaired) electrons. The molecule has 3 heterocycles. The third-order valence-corrected chi connectivity index (χ3v) is 13.0. The number of methoxy groups -OCH3 is 1. The number of aliphatic hydroxyl groups excluding tert-OH is 2. The van der Waals surface area contributed by atoms with Crippen LogP contribution in [0.15, 0.2) is 0 Å². The number of hydrogen-bond donors (Lipinski definition) is 7. The monoisotopic (exact) mass is 806 g/mol. The van der Waals surface area contributed by atoms with Gasteiger partial charge in [-0.2, -0.15) is 0 Å². The summed E-state index contributed by atoms with van der Waals surface area (Å²) in [5.41, 5.74) is -5.93. The second-order valence-corrected chi connectivity index (χ2v) is 18.2. The molecule has 15 heteroatoms. The van der Waals surface area contributed by atoms with Crippen LogP contribution in [-0.4, -0.2) is 167 Å². The molecule has 2 unspecified atom stereocenters. The quantitative estimate of drug-likeness (QED) is 0.105. The minimum atomic E-state index is -1.81. The Balaban J connectivity index is 2.16. The molecule has 0 spiro atoms. The van der Waals surface area contributed by atoms with Gasteiger partial charge in [0, 0.05) is 38.1 Å². The summed E-state index contributed by atoms with van der Waals surface area (Å²) >= 11 is 0. The lowest BCUT2D eigenvalue weighted by atomic mass is 9.75. The molecule has 18 atom stereocenters. The van der Waals surface area contributed by atoms with Gasteiger partial charge < -0.3 is 69.5 Å². The maximum absolute atomic E-state index is 14.5. The van der Waals surface area contributed by atoms with E-state index in [1.54, 1.807) is 34.6 Å². The van der Waals surface area contributed by atoms with Crippen molar-refractivity contribution in [3.63, 3.8) is 0 Å². The van der Waals surface area contributed by atoms with Gasteiger partial charge in [-0.1, -0.05) is 27.7 Å². The molecular weight excluding hydrogens is 726 g/mol. The van der Waals surface area contributed by atoms with Crippen LogP contribution in [0.1, 0.15) is 108 Å². The maximum atomic E-state index is 14.5. The van der Waals surface area contributed by atoms with E-state index < -0.39 is 95.5 Å². The molecular formula is C41H79N3O12. The zero-order valence-electron chi connectivity index (χ0n) is 36.8. The fourth-order valence-corrected chi connectivity index (χ4v) is 9.21. The van der Waals surface area contributed by atoms with E-state index in [4.69, 9.17) is 28.4 Å². The maximum Gasteiger partial charge on any atom is 0.311 e. The van der Waals surface area contributed by atoms with Crippen molar-refractivity contribution in [2.75, 3.05) is 40.8 Å². The predicted molar refractivity (Wildman–Crippen MR) is 212 cm³/mol. The molecule has 56 heavy (non-hydrogen) atoms. The number of rotatable bonds is 13. The summed E-state index contributed by atoms with van der Waals surface area (Å²) in [7, 11) is 5.31. The Kier molecular flexibility index (Phi) is 17.6. The van der Waals surface area contributed by atoms with Gasteiger partial charge >= 0.3 is 5.97 Å². The van der Waals surface area contributed by atoms with E-state index in [1.807, 2.05) is 53.6 Å². The summed E-state index contributed by atoms with van der Waals surface area (Å²) in [6, 6.07) is -0.875. The van der Waals surface area contributed by atoms with Crippen molar-refractivity contribution in [3.05, 3.63) is 0 Å². The molecule has 3 rings (SSSR count). The lowest BCUT2D eigenvalue weighted by molar-refractivity contribution is -0.336. The molecule has 0 bridgehead atoms. The van der Waals surface area contributed by atoms with Crippen LogP contribution >= 0.6 is 0 Å². The van der Waals surface area contributed by atoms with Crippen LogP contribution in [0.5, 0.6) is 0 Å². The highest BCUT2D eigenvalue weighted by Gasteiger charge is 2.58. The topological polar surface area (TPSA) is 201 Å². The molecule has 330 valence electrons. The van der Waals surface area contributed by atoms with Crippen LogP contribution in [0.2, 0.25) is 0 Å². The normalized spacial score (nSPS) is 45.2. The number of esters is 1. The summed E-state index contributed by atoms with van der Waals surface area (Å²) in [6.07, 6.45) is -6.62. The van der Waals surface area contributed by atoms with Crippen LogP contribution in [0.25, 0.3) is 0 Å². The highest BCUT2D eigenvalue weighted by atomic mass is 16.7. The first-order valence-electron chi connectivity index (χ1n) is 20.9. The minimum Gasteiger partial charge on any atom is -0.457 e. The number of aliphatic hydroxyl groups is 5. The Labute approximate surface area is 336 Å². The van der Waals surface area contributed by atoms with Gasteiger partial charge in [0.1, 0.15) is 29.0 Å². The number of carbonyl (C=O) groups is 1. The number of ether oxygens (including phenoxy) is 6. The molecule has 15 nitrogen and oxygen atoms in total.